The van der Waals surface area contributed by atoms with E-state index in [9.17, 15) is 0 Å². The fraction of sp³-hybridized carbons (Fsp3) is 0.500. The van der Waals surface area contributed by atoms with E-state index < -0.39 is 0 Å². The van der Waals surface area contributed by atoms with Gasteiger partial charge in [-0.05, 0) is 19.4 Å². The van der Waals surface area contributed by atoms with Gasteiger partial charge in [0.1, 0.15) is 5.75 Å². The van der Waals surface area contributed by atoms with Gasteiger partial charge in [-0.3, -0.25) is 4.98 Å². The number of aromatic nitrogens is 1. The van der Waals surface area contributed by atoms with Crippen LogP contribution in [0.15, 0.2) is 12.3 Å². The van der Waals surface area contributed by atoms with E-state index in [1.54, 1.807) is 6.20 Å². The molecule has 1 heterocycles. The maximum Gasteiger partial charge on any atom is 0.142 e. The normalized spacial score (nSPS) is 10.1. The number of pyridine rings is 1. The third kappa shape index (κ3) is 2.70. The Labute approximate surface area is 78.9 Å². The highest BCUT2D eigenvalue weighted by Crippen LogP contribution is 2.17. The van der Waals surface area contributed by atoms with Crippen molar-refractivity contribution >= 4 is 0 Å². The van der Waals surface area contributed by atoms with E-state index in [2.05, 4.69) is 11.9 Å². The predicted molar refractivity (Wildman–Crippen MR) is 52.7 cm³/mol. The van der Waals surface area contributed by atoms with Crippen LogP contribution >= 0.6 is 0 Å². The van der Waals surface area contributed by atoms with Gasteiger partial charge in [0, 0.05) is 17.8 Å². The van der Waals surface area contributed by atoms with Crippen LogP contribution in [0.1, 0.15) is 24.6 Å². The van der Waals surface area contributed by atoms with Gasteiger partial charge in [0.2, 0.25) is 0 Å². The van der Waals surface area contributed by atoms with Crippen molar-refractivity contribution in [2.24, 2.45) is 5.73 Å². The van der Waals surface area contributed by atoms with E-state index in [1.165, 1.54) is 0 Å². The lowest BCUT2D eigenvalue weighted by atomic mass is 10.2. The first-order valence-corrected chi connectivity index (χ1v) is 4.56. The molecule has 72 valence electrons. The highest BCUT2D eigenvalue weighted by molar-refractivity contribution is 5.31. The highest BCUT2D eigenvalue weighted by atomic mass is 16.5. The fourth-order valence-corrected chi connectivity index (χ4v) is 1.11. The van der Waals surface area contributed by atoms with Gasteiger partial charge in [-0.2, -0.15) is 0 Å². The molecule has 0 fully saturated rings. The summed E-state index contributed by atoms with van der Waals surface area (Å²) in [5.74, 6) is 0.815. The zero-order valence-corrected chi connectivity index (χ0v) is 8.21. The number of hydrogen-bond acceptors (Lipinski definition) is 3. The molecule has 0 atom stereocenters. The molecule has 3 heteroatoms. The lowest BCUT2D eigenvalue weighted by molar-refractivity contribution is 0.313. The van der Waals surface area contributed by atoms with Gasteiger partial charge in [0.05, 0.1) is 12.8 Å². The van der Waals surface area contributed by atoms with Gasteiger partial charge in [-0.1, -0.05) is 6.92 Å². The average Bonchev–Trinajstić information content (AvgIpc) is 2.16. The summed E-state index contributed by atoms with van der Waals surface area (Å²) in [6.07, 6.45) is 2.74. The van der Waals surface area contributed by atoms with Gasteiger partial charge in [-0.15, -0.1) is 0 Å². The summed E-state index contributed by atoms with van der Waals surface area (Å²) in [6.45, 7) is 5.24. The molecule has 0 aromatic carbocycles. The minimum absolute atomic E-state index is 0.502. The molecule has 0 bridgehead atoms. The Hall–Kier alpha value is -1.09. The van der Waals surface area contributed by atoms with Crippen LogP contribution in [0.2, 0.25) is 0 Å². The lowest BCUT2D eigenvalue weighted by Gasteiger charge is -2.09. The molecule has 0 unspecified atom stereocenters. The molecular formula is C10H16N2O. The van der Waals surface area contributed by atoms with Crippen molar-refractivity contribution in [3.05, 3.63) is 23.5 Å². The van der Waals surface area contributed by atoms with E-state index in [-0.39, 0.29) is 0 Å². The van der Waals surface area contributed by atoms with Crippen molar-refractivity contribution in [1.29, 1.82) is 0 Å². The first-order valence-electron chi connectivity index (χ1n) is 4.56. The van der Waals surface area contributed by atoms with Crippen LogP contribution in [-0.4, -0.2) is 11.6 Å². The number of nitrogens with two attached hydrogens (primary N) is 1. The minimum atomic E-state index is 0.502. The summed E-state index contributed by atoms with van der Waals surface area (Å²) in [7, 11) is 0. The SMILES string of the molecule is CCCOc1cnc(C)cc1CN. The molecule has 0 amide bonds. The van der Waals surface area contributed by atoms with Crippen molar-refractivity contribution in [2.75, 3.05) is 6.61 Å². The molecular weight excluding hydrogens is 164 g/mol. The van der Waals surface area contributed by atoms with Crippen molar-refractivity contribution in [2.45, 2.75) is 26.8 Å². The predicted octanol–water partition coefficient (Wildman–Crippen LogP) is 1.64. The van der Waals surface area contributed by atoms with Gasteiger partial charge in [-0.25, -0.2) is 0 Å². The molecule has 13 heavy (non-hydrogen) atoms. The summed E-state index contributed by atoms with van der Waals surface area (Å²) in [6, 6.07) is 1.96. The van der Waals surface area contributed by atoms with Crippen molar-refractivity contribution in [3.63, 3.8) is 0 Å². The molecule has 0 aliphatic rings. The standard InChI is InChI=1S/C10H16N2O/c1-3-4-13-10-7-12-8(2)5-9(10)6-11/h5,7H,3-4,6,11H2,1-2H3. The van der Waals surface area contributed by atoms with E-state index >= 15 is 0 Å². The fourth-order valence-electron chi connectivity index (χ4n) is 1.11. The van der Waals surface area contributed by atoms with Gasteiger partial charge in [0.15, 0.2) is 0 Å². The Morgan fingerprint density at radius 1 is 1.54 bits per heavy atom. The molecule has 2 N–H and O–H groups in total. The smallest absolute Gasteiger partial charge is 0.142 e. The number of rotatable bonds is 4. The zero-order valence-electron chi connectivity index (χ0n) is 8.21. The number of aryl methyl sites for hydroxylation is 1. The maximum absolute atomic E-state index is 5.58. The van der Waals surface area contributed by atoms with Crippen LogP contribution < -0.4 is 10.5 Å². The van der Waals surface area contributed by atoms with Crippen molar-refractivity contribution in [1.82, 2.24) is 4.98 Å². The maximum atomic E-state index is 5.58. The second-order valence-electron chi connectivity index (χ2n) is 2.99. The van der Waals surface area contributed by atoms with E-state index in [1.807, 2.05) is 13.0 Å². The van der Waals surface area contributed by atoms with Crippen molar-refractivity contribution < 1.29 is 4.74 Å². The minimum Gasteiger partial charge on any atom is -0.492 e. The first-order chi connectivity index (χ1) is 6.27. The second-order valence-corrected chi connectivity index (χ2v) is 2.99. The summed E-state index contributed by atoms with van der Waals surface area (Å²) < 4.78 is 5.49. The first kappa shape index (κ1) is 9.99. The number of nitrogens with zero attached hydrogens (tertiary/aromatic N) is 1. The zero-order chi connectivity index (χ0) is 9.68. The van der Waals surface area contributed by atoms with Crippen molar-refractivity contribution in [3.8, 4) is 5.75 Å². The number of hydrogen-bond donors (Lipinski definition) is 1. The van der Waals surface area contributed by atoms with Crippen LogP contribution in [0.25, 0.3) is 0 Å². The van der Waals surface area contributed by atoms with Crippen LogP contribution in [0.3, 0.4) is 0 Å². The summed E-state index contributed by atoms with van der Waals surface area (Å²) >= 11 is 0. The largest absolute Gasteiger partial charge is 0.492 e. The van der Waals surface area contributed by atoms with Gasteiger partial charge >= 0.3 is 0 Å². The molecule has 0 spiro atoms. The van der Waals surface area contributed by atoms with Gasteiger partial charge in [0.25, 0.3) is 0 Å². The van der Waals surface area contributed by atoms with Gasteiger partial charge < -0.3 is 10.5 Å². The average molecular weight is 180 g/mol. The molecule has 0 saturated heterocycles. The van der Waals surface area contributed by atoms with E-state index in [0.717, 1.165) is 30.0 Å². The molecule has 0 saturated carbocycles. The topological polar surface area (TPSA) is 48.1 Å². The lowest BCUT2D eigenvalue weighted by Crippen LogP contribution is -2.04. The van der Waals surface area contributed by atoms with Crippen LogP contribution in [0, 0.1) is 6.92 Å². The van der Waals surface area contributed by atoms with Crippen LogP contribution in [0.4, 0.5) is 0 Å². The van der Waals surface area contributed by atoms with E-state index in [0.29, 0.717) is 6.54 Å². The molecule has 0 aliphatic carbocycles. The second kappa shape index (κ2) is 4.82. The molecule has 0 radical (unpaired) electrons. The Kier molecular flexibility index (Phi) is 3.71. The Bertz CT molecular complexity index is 274. The Balaban J connectivity index is 2.79. The monoisotopic (exact) mass is 180 g/mol. The van der Waals surface area contributed by atoms with Crippen LogP contribution in [-0.2, 0) is 6.54 Å². The Morgan fingerprint density at radius 3 is 2.92 bits per heavy atom. The molecule has 3 nitrogen and oxygen atoms in total. The third-order valence-electron chi connectivity index (χ3n) is 1.77. The quantitative estimate of drug-likeness (QED) is 0.766. The summed E-state index contributed by atoms with van der Waals surface area (Å²) in [4.78, 5) is 4.16. The summed E-state index contributed by atoms with van der Waals surface area (Å²) in [5.41, 5.74) is 7.59. The molecule has 0 aliphatic heterocycles. The molecule has 1 aromatic heterocycles. The third-order valence-corrected chi connectivity index (χ3v) is 1.77. The highest BCUT2D eigenvalue weighted by Gasteiger charge is 2.02. The molecule has 1 aromatic rings. The van der Waals surface area contributed by atoms with Crippen LogP contribution in [0.5, 0.6) is 5.75 Å². The Morgan fingerprint density at radius 2 is 2.31 bits per heavy atom. The summed E-state index contributed by atoms with van der Waals surface area (Å²) in [5, 5.41) is 0. The number of ether oxygens (including phenoxy) is 1. The van der Waals surface area contributed by atoms with E-state index in [4.69, 9.17) is 10.5 Å². The molecule has 1 rings (SSSR count).